The van der Waals surface area contributed by atoms with E-state index in [1.165, 1.54) is 12.8 Å². The van der Waals surface area contributed by atoms with Crippen molar-refractivity contribution in [2.24, 2.45) is 40.4 Å². The number of piperidine rings is 1. The SMILES string of the molecule is C[C@@H]1[C@@H](NC(=O)[C@@H]2[C@H]([C@H](C)O)[C@H](CO)ON2Cc2cccc(C#CC3(CC(=O)C4CCN(C)CC4)CCCCC3)c2)CC2C[C@H]1C2(C)C. The van der Waals surface area contributed by atoms with Crippen molar-refractivity contribution in [2.45, 2.75) is 123 Å². The second-order valence-electron chi connectivity index (χ2n) is 16.7. The standard InChI is InChI=1S/C40H59N3O5/c1-26-32-21-31(39(32,3)4)22-33(26)41-38(47)37-36(27(2)45)35(25-44)48-43(37)24-29-11-9-10-28(20-29)12-17-40(15-7-6-8-16-40)23-34(46)30-13-18-42(5)19-14-30/h9-11,20,26-27,30-33,35-37,44-45H,6-8,13-16,18-19,21-25H2,1-5H3,(H,41,47)/t26-,27-,31?,32+,33-,35-,36+,37-/m0/s1. The maximum atomic E-state index is 14.0. The number of likely N-dealkylation sites (tertiary alicyclic amines) is 1. The Morgan fingerprint density at radius 1 is 1.12 bits per heavy atom. The third-order valence-electron chi connectivity index (χ3n) is 13.3. The van der Waals surface area contributed by atoms with Crippen LogP contribution in [0.25, 0.3) is 0 Å². The minimum absolute atomic E-state index is 0.0935. The van der Waals surface area contributed by atoms with Crippen LogP contribution in [-0.4, -0.2) is 82.9 Å². The molecule has 264 valence electrons. The highest BCUT2D eigenvalue weighted by molar-refractivity contribution is 5.83. The van der Waals surface area contributed by atoms with Gasteiger partial charge in [-0.15, -0.1) is 0 Å². The second-order valence-corrected chi connectivity index (χ2v) is 16.7. The van der Waals surface area contributed by atoms with Crippen LogP contribution in [0, 0.1) is 52.3 Å². The van der Waals surface area contributed by atoms with Crippen LogP contribution < -0.4 is 5.32 Å². The monoisotopic (exact) mass is 661 g/mol. The average molecular weight is 662 g/mol. The molecule has 3 N–H and O–H groups in total. The zero-order valence-electron chi connectivity index (χ0n) is 29.9. The van der Waals surface area contributed by atoms with E-state index < -0.39 is 24.2 Å². The fourth-order valence-corrected chi connectivity index (χ4v) is 10.00. The van der Waals surface area contributed by atoms with Gasteiger partial charge in [-0.05, 0) is 106 Å². The summed E-state index contributed by atoms with van der Waals surface area (Å²) < 4.78 is 0. The molecule has 8 heteroatoms. The Morgan fingerprint density at radius 2 is 1.85 bits per heavy atom. The van der Waals surface area contributed by atoms with Gasteiger partial charge in [-0.2, -0.15) is 5.06 Å². The van der Waals surface area contributed by atoms with Gasteiger partial charge < -0.3 is 20.4 Å². The number of amides is 1. The smallest absolute Gasteiger partial charge is 0.240 e. The predicted octanol–water partition coefficient (Wildman–Crippen LogP) is 4.95. The van der Waals surface area contributed by atoms with E-state index >= 15 is 0 Å². The summed E-state index contributed by atoms with van der Waals surface area (Å²) >= 11 is 0. The largest absolute Gasteiger partial charge is 0.394 e. The van der Waals surface area contributed by atoms with Gasteiger partial charge in [0.1, 0.15) is 17.9 Å². The number of Topliss-reactive ketones (excluding diaryl/α,β-unsaturated/α-hetero) is 1. The fraction of sp³-hybridized carbons (Fsp3) is 0.750. The molecule has 1 aromatic rings. The number of nitrogens with one attached hydrogen (secondary N) is 1. The Bertz CT molecular complexity index is 1370. The molecule has 6 aliphatic rings. The molecule has 1 amide bonds. The molecule has 1 unspecified atom stereocenters. The van der Waals surface area contributed by atoms with Gasteiger partial charge in [0.05, 0.1) is 19.3 Å². The van der Waals surface area contributed by atoms with Gasteiger partial charge in [0, 0.05) is 35.3 Å². The zero-order valence-corrected chi connectivity index (χ0v) is 29.9. The quantitative estimate of drug-likeness (QED) is 0.322. The van der Waals surface area contributed by atoms with Crippen molar-refractivity contribution in [2.75, 3.05) is 26.7 Å². The lowest BCUT2D eigenvalue weighted by Crippen LogP contribution is -2.62. The van der Waals surface area contributed by atoms with E-state index in [-0.39, 0.29) is 29.9 Å². The highest BCUT2D eigenvalue weighted by atomic mass is 16.7. The third-order valence-corrected chi connectivity index (χ3v) is 13.3. The van der Waals surface area contributed by atoms with Crippen molar-refractivity contribution >= 4 is 11.7 Å². The number of carbonyl (C=O) groups excluding carboxylic acids is 2. The normalized spacial score (nSPS) is 34.0. The van der Waals surface area contributed by atoms with E-state index in [0.29, 0.717) is 41.9 Å². The van der Waals surface area contributed by atoms with E-state index in [1.807, 2.05) is 24.3 Å². The first-order valence-electron chi connectivity index (χ1n) is 18.8. The molecule has 2 saturated heterocycles. The van der Waals surface area contributed by atoms with Crippen LogP contribution in [0.1, 0.15) is 103 Å². The summed E-state index contributed by atoms with van der Waals surface area (Å²) in [7, 11) is 2.13. The van der Waals surface area contributed by atoms with Crippen LogP contribution in [0.5, 0.6) is 0 Å². The molecular formula is C40H59N3O5. The first kappa shape index (κ1) is 35.5. The van der Waals surface area contributed by atoms with Crippen molar-refractivity contribution in [3.05, 3.63) is 35.4 Å². The van der Waals surface area contributed by atoms with Crippen LogP contribution >= 0.6 is 0 Å². The summed E-state index contributed by atoms with van der Waals surface area (Å²) in [6.45, 7) is 10.7. The van der Waals surface area contributed by atoms with Crippen molar-refractivity contribution < 1.29 is 24.6 Å². The maximum Gasteiger partial charge on any atom is 0.240 e. The Hall–Kier alpha value is -2.28. The van der Waals surface area contributed by atoms with Gasteiger partial charge in [-0.1, -0.05) is 64.0 Å². The van der Waals surface area contributed by atoms with E-state index in [0.717, 1.165) is 69.2 Å². The lowest BCUT2D eigenvalue weighted by Gasteiger charge is -2.62. The van der Waals surface area contributed by atoms with Crippen LogP contribution in [0.3, 0.4) is 0 Å². The number of hydrogen-bond acceptors (Lipinski definition) is 7. The predicted molar refractivity (Wildman–Crippen MR) is 186 cm³/mol. The molecule has 2 heterocycles. The van der Waals surface area contributed by atoms with Crippen LogP contribution in [0.2, 0.25) is 0 Å². The van der Waals surface area contributed by atoms with E-state index in [1.54, 1.807) is 12.0 Å². The Kier molecular flexibility index (Phi) is 10.8. The number of carbonyl (C=O) groups is 2. The molecule has 0 aromatic heterocycles. The number of hydrogen-bond donors (Lipinski definition) is 3. The molecule has 0 radical (unpaired) electrons. The molecule has 2 bridgehead atoms. The highest BCUT2D eigenvalue weighted by Crippen LogP contribution is 2.61. The number of aliphatic hydroxyl groups excluding tert-OH is 2. The number of nitrogens with zero attached hydrogens (tertiary/aromatic N) is 2. The zero-order chi connectivity index (χ0) is 34.2. The highest BCUT2D eigenvalue weighted by Gasteiger charge is 2.57. The number of fused-ring (bicyclic) bond motifs is 2. The molecule has 4 saturated carbocycles. The summed E-state index contributed by atoms with van der Waals surface area (Å²) in [6, 6.07) is 7.40. The molecule has 7 rings (SSSR count). The second kappa shape index (κ2) is 14.5. The lowest BCUT2D eigenvalue weighted by atomic mass is 9.45. The minimum Gasteiger partial charge on any atom is -0.394 e. The van der Waals surface area contributed by atoms with E-state index in [9.17, 15) is 19.8 Å². The molecule has 8 atom stereocenters. The van der Waals surface area contributed by atoms with Crippen LogP contribution in [0.15, 0.2) is 24.3 Å². The maximum absolute atomic E-state index is 14.0. The summed E-state index contributed by atoms with van der Waals surface area (Å²) in [5, 5.41) is 26.1. The molecule has 2 aliphatic heterocycles. The third kappa shape index (κ3) is 7.28. The molecular weight excluding hydrogens is 602 g/mol. The lowest BCUT2D eigenvalue weighted by molar-refractivity contribution is -0.183. The summed E-state index contributed by atoms with van der Waals surface area (Å²) in [5.41, 5.74) is 1.88. The van der Waals surface area contributed by atoms with Crippen molar-refractivity contribution in [3.8, 4) is 11.8 Å². The van der Waals surface area contributed by atoms with Crippen LogP contribution in [0.4, 0.5) is 0 Å². The first-order valence-corrected chi connectivity index (χ1v) is 18.8. The van der Waals surface area contributed by atoms with Gasteiger partial charge >= 0.3 is 0 Å². The van der Waals surface area contributed by atoms with Crippen molar-refractivity contribution in [1.82, 2.24) is 15.3 Å². The minimum atomic E-state index is -0.833. The van der Waals surface area contributed by atoms with Crippen LogP contribution in [-0.2, 0) is 21.0 Å². The van der Waals surface area contributed by atoms with E-state index in [4.69, 9.17) is 4.84 Å². The van der Waals surface area contributed by atoms with Gasteiger partial charge in [-0.25, -0.2) is 0 Å². The van der Waals surface area contributed by atoms with E-state index in [2.05, 4.69) is 49.9 Å². The fourth-order valence-electron chi connectivity index (χ4n) is 10.00. The molecule has 48 heavy (non-hydrogen) atoms. The van der Waals surface area contributed by atoms with Gasteiger partial charge in [-0.3, -0.25) is 14.4 Å². The summed E-state index contributed by atoms with van der Waals surface area (Å²) in [5.74, 6) is 8.52. The van der Waals surface area contributed by atoms with Crippen molar-refractivity contribution in [3.63, 3.8) is 0 Å². The molecule has 1 aromatic carbocycles. The Morgan fingerprint density at radius 3 is 2.50 bits per heavy atom. The first-order chi connectivity index (χ1) is 22.9. The number of benzene rings is 1. The van der Waals surface area contributed by atoms with Gasteiger partial charge in [0.2, 0.25) is 5.91 Å². The van der Waals surface area contributed by atoms with Gasteiger partial charge in [0.25, 0.3) is 0 Å². The summed E-state index contributed by atoms with van der Waals surface area (Å²) in [4.78, 5) is 36.0. The van der Waals surface area contributed by atoms with Crippen molar-refractivity contribution in [1.29, 1.82) is 0 Å². The number of ketones is 1. The number of aliphatic hydroxyl groups is 2. The topological polar surface area (TPSA) is 102 Å². The molecule has 8 nitrogen and oxygen atoms in total. The van der Waals surface area contributed by atoms with Gasteiger partial charge in [0.15, 0.2) is 0 Å². The Balaban J connectivity index is 1.17. The Labute approximate surface area is 288 Å². The molecule has 6 fully saturated rings. The number of hydroxylamine groups is 2. The number of rotatable bonds is 9. The summed E-state index contributed by atoms with van der Waals surface area (Å²) in [6.07, 6.45) is 8.51. The average Bonchev–Trinajstić information content (AvgIpc) is 3.44. The molecule has 0 spiro atoms. The molecule has 4 aliphatic carbocycles.